The maximum absolute atomic E-state index is 12.6. The minimum Gasteiger partial charge on any atom is -0.481 e. The molecule has 0 fully saturated rings. The first-order chi connectivity index (χ1) is 11.2. The molecular weight excluding hydrogens is 368 g/mol. The minimum atomic E-state index is -4.89. The summed E-state index contributed by atoms with van der Waals surface area (Å²) in [5.74, 6) is -3.40. The van der Waals surface area contributed by atoms with E-state index in [4.69, 9.17) is 16.3 Å². The van der Waals surface area contributed by atoms with Gasteiger partial charge in [0.05, 0.1) is 23.9 Å². The van der Waals surface area contributed by atoms with Gasteiger partial charge in [0.1, 0.15) is 5.82 Å². The quantitative estimate of drug-likeness (QED) is 0.799. The lowest BCUT2D eigenvalue weighted by Gasteiger charge is -2.13. The lowest BCUT2D eigenvalue weighted by atomic mass is 10.1. The molecule has 0 bridgehead atoms. The fourth-order valence-electron chi connectivity index (χ4n) is 1.87. The second kappa shape index (κ2) is 7.14. The molecule has 1 aromatic heterocycles. The molecule has 0 atom stereocenters. The SMILES string of the molecule is COc1cc(=O)[nH]c(Cc2cccc(Cl)c2NS(=O)(=O)C(F)F)n1. The standard InChI is InChI=1S/C13H12ClF2N3O4S/c1-23-11-6-10(20)17-9(18-11)5-7-3-2-4-8(14)12(7)19-24(21,22)13(15)16/h2-4,6,13,19H,5H2,1H3,(H,17,18,20). The van der Waals surface area contributed by atoms with E-state index in [1.807, 2.05) is 0 Å². The van der Waals surface area contributed by atoms with Crippen LogP contribution >= 0.6 is 11.6 Å². The van der Waals surface area contributed by atoms with Gasteiger partial charge in [-0.3, -0.25) is 9.52 Å². The molecular formula is C13H12ClF2N3O4S. The zero-order chi connectivity index (χ0) is 17.9. The second-order valence-electron chi connectivity index (χ2n) is 4.59. The van der Waals surface area contributed by atoms with Gasteiger partial charge >= 0.3 is 5.76 Å². The maximum atomic E-state index is 12.6. The molecule has 0 unspecified atom stereocenters. The summed E-state index contributed by atoms with van der Waals surface area (Å²) in [7, 11) is -3.57. The van der Waals surface area contributed by atoms with E-state index in [1.54, 1.807) is 4.72 Å². The van der Waals surface area contributed by atoms with Gasteiger partial charge in [-0.05, 0) is 11.6 Å². The van der Waals surface area contributed by atoms with Crippen molar-refractivity contribution in [2.45, 2.75) is 12.2 Å². The van der Waals surface area contributed by atoms with Crippen LogP contribution in [0.5, 0.6) is 5.88 Å². The van der Waals surface area contributed by atoms with Crippen molar-refractivity contribution < 1.29 is 21.9 Å². The summed E-state index contributed by atoms with van der Waals surface area (Å²) in [6, 6.07) is 5.45. The zero-order valence-electron chi connectivity index (χ0n) is 12.2. The van der Waals surface area contributed by atoms with Crippen molar-refractivity contribution in [1.29, 1.82) is 0 Å². The Hall–Kier alpha value is -2.20. The van der Waals surface area contributed by atoms with Crippen LogP contribution in [0.1, 0.15) is 11.4 Å². The fraction of sp³-hybridized carbons (Fsp3) is 0.231. The number of methoxy groups -OCH3 is 1. The Balaban J connectivity index is 2.43. The van der Waals surface area contributed by atoms with Gasteiger partial charge in [-0.15, -0.1) is 0 Å². The summed E-state index contributed by atoms with van der Waals surface area (Å²) in [5.41, 5.74) is -0.429. The van der Waals surface area contributed by atoms with Gasteiger partial charge in [0.25, 0.3) is 15.6 Å². The van der Waals surface area contributed by atoms with Gasteiger partial charge < -0.3 is 9.72 Å². The molecule has 0 aliphatic carbocycles. The molecule has 1 heterocycles. The lowest BCUT2D eigenvalue weighted by Crippen LogP contribution is -2.22. The number of rotatable bonds is 6. The molecule has 0 aliphatic rings. The molecule has 0 saturated carbocycles. The van der Waals surface area contributed by atoms with E-state index in [0.717, 1.165) is 6.07 Å². The first kappa shape index (κ1) is 18.1. The molecule has 11 heteroatoms. The second-order valence-corrected chi connectivity index (χ2v) is 6.65. The molecule has 2 N–H and O–H groups in total. The van der Waals surface area contributed by atoms with Crippen LogP contribution in [-0.4, -0.2) is 31.3 Å². The number of alkyl halides is 2. The minimum absolute atomic E-state index is 0.0606. The Morgan fingerprint density at radius 2 is 2.12 bits per heavy atom. The van der Waals surface area contributed by atoms with Crippen LogP contribution in [0, 0.1) is 0 Å². The molecule has 2 aromatic rings. The highest BCUT2D eigenvalue weighted by atomic mass is 35.5. The average molecular weight is 380 g/mol. The molecule has 1 aromatic carbocycles. The molecule has 2 rings (SSSR count). The molecule has 0 amide bonds. The van der Waals surface area contributed by atoms with E-state index in [-0.39, 0.29) is 34.4 Å². The Bertz CT molecular complexity index is 902. The highest BCUT2D eigenvalue weighted by Gasteiger charge is 2.26. The van der Waals surface area contributed by atoms with Gasteiger partial charge in [-0.2, -0.15) is 13.8 Å². The summed E-state index contributed by atoms with van der Waals surface area (Å²) in [5, 5.41) is -0.0676. The normalized spacial score (nSPS) is 11.5. The van der Waals surface area contributed by atoms with Crippen LogP contribution in [0.4, 0.5) is 14.5 Å². The lowest BCUT2D eigenvalue weighted by molar-refractivity contribution is 0.236. The number of sulfonamides is 1. The Morgan fingerprint density at radius 3 is 2.75 bits per heavy atom. The van der Waals surface area contributed by atoms with Crippen molar-refractivity contribution in [3.63, 3.8) is 0 Å². The molecule has 0 aliphatic heterocycles. The van der Waals surface area contributed by atoms with Gasteiger partial charge in [0, 0.05) is 6.42 Å². The van der Waals surface area contributed by atoms with Crippen molar-refractivity contribution in [3.05, 3.63) is 51.0 Å². The third kappa shape index (κ3) is 4.20. The van der Waals surface area contributed by atoms with Crippen LogP contribution in [-0.2, 0) is 16.4 Å². The van der Waals surface area contributed by atoms with Crippen LogP contribution in [0.25, 0.3) is 0 Å². The highest BCUT2D eigenvalue weighted by molar-refractivity contribution is 7.93. The van der Waals surface area contributed by atoms with E-state index in [9.17, 15) is 22.0 Å². The number of H-pyrrole nitrogens is 1. The Labute approximate surface area is 140 Å². The maximum Gasteiger partial charge on any atom is 0.355 e. The van der Waals surface area contributed by atoms with Crippen molar-refractivity contribution in [1.82, 2.24) is 9.97 Å². The van der Waals surface area contributed by atoms with Crippen molar-refractivity contribution in [2.75, 3.05) is 11.8 Å². The summed E-state index contributed by atoms with van der Waals surface area (Å²) in [6.45, 7) is 0. The van der Waals surface area contributed by atoms with Crippen molar-refractivity contribution in [3.8, 4) is 5.88 Å². The summed E-state index contributed by atoms with van der Waals surface area (Å²) in [6.07, 6.45) is -0.0614. The van der Waals surface area contributed by atoms with E-state index >= 15 is 0 Å². The van der Waals surface area contributed by atoms with Gasteiger partial charge in [0.15, 0.2) is 0 Å². The van der Waals surface area contributed by atoms with Crippen LogP contribution in [0.3, 0.4) is 0 Å². The molecule has 7 nitrogen and oxygen atoms in total. The van der Waals surface area contributed by atoms with Crippen molar-refractivity contribution in [2.24, 2.45) is 0 Å². The number of aromatic nitrogens is 2. The summed E-state index contributed by atoms with van der Waals surface area (Å²) < 4.78 is 54.6. The van der Waals surface area contributed by atoms with Gasteiger partial charge in [-0.25, -0.2) is 8.42 Å². The van der Waals surface area contributed by atoms with E-state index in [1.165, 1.54) is 25.3 Å². The third-order valence-corrected chi connectivity index (χ3v) is 4.19. The molecule has 0 saturated heterocycles. The summed E-state index contributed by atoms with van der Waals surface area (Å²) >= 11 is 5.91. The number of hydrogen-bond donors (Lipinski definition) is 2. The number of nitrogens with zero attached hydrogens (tertiary/aromatic N) is 1. The van der Waals surface area contributed by atoms with Crippen LogP contribution in [0.2, 0.25) is 5.02 Å². The topological polar surface area (TPSA) is 101 Å². The number of benzene rings is 1. The van der Waals surface area contributed by atoms with E-state index < -0.39 is 21.3 Å². The van der Waals surface area contributed by atoms with E-state index in [2.05, 4.69) is 9.97 Å². The number of hydrogen-bond acceptors (Lipinski definition) is 5. The number of halogens is 3. The molecule has 130 valence electrons. The Morgan fingerprint density at radius 1 is 1.42 bits per heavy atom. The monoisotopic (exact) mass is 379 g/mol. The largest absolute Gasteiger partial charge is 0.481 e. The summed E-state index contributed by atoms with van der Waals surface area (Å²) in [4.78, 5) is 18.0. The molecule has 0 radical (unpaired) electrons. The predicted molar refractivity (Wildman–Crippen MR) is 84.2 cm³/mol. The molecule has 24 heavy (non-hydrogen) atoms. The van der Waals surface area contributed by atoms with Crippen molar-refractivity contribution >= 4 is 27.3 Å². The number of aromatic amines is 1. The average Bonchev–Trinajstić information content (AvgIpc) is 2.50. The first-order valence-electron chi connectivity index (χ1n) is 6.44. The smallest absolute Gasteiger partial charge is 0.355 e. The number of para-hydroxylation sites is 1. The van der Waals surface area contributed by atoms with Crippen LogP contribution in [0.15, 0.2) is 29.1 Å². The van der Waals surface area contributed by atoms with Gasteiger partial charge in [0.2, 0.25) is 5.88 Å². The number of ether oxygens (including phenoxy) is 1. The third-order valence-electron chi connectivity index (χ3n) is 2.91. The van der Waals surface area contributed by atoms with E-state index in [0.29, 0.717) is 0 Å². The highest BCUT2D eigenvalue weighted by Crippen LogP contribution is 2.29. The van der Waals surface area contributed by atoms with Crippen LogP contribution < -0.4 is 15.0 Å². The predicted octanol–water partition coefficient (Wildman–Crippen LogP) is 1.99. The first-order valence-corrected chi connectivity index (χ1v) is 8.37. The number of nitrogens with one attached hydrogen (secondary N) is 2. The zero-order valence-corrected chi connectivity index (χ0v) is 13.8. The molecule has 0 spiro atoms. The fourth-order valence-corrected chi connectivity index (χ4v) is 2.78. The van der Waals surface area contributed by atoms with Gasteiger partial charge in [-0.1, -0.05) is 23.7 Å². The Kier molecular flexibility index (Phi) is 5.40. The number of anilines is 1.